The molecule has 0 radical (unpaired) electrons. The second-order valence-corrected chi connectivity index (χ2v) is 8.05. The molecule has 0 bridgehead atoms. The number of carbonyl (C=O) groups is 4. The summed E-state index contributed by atoms with van der Waals surface area (Å²) < 4.78 is 0. The molecule has 0 fully saturated rings. The predicted octanol–water partition coefficient (Wildman–Crippen LogP) is 4.44. The molecule has 0 saturated heterocycles. The van der Waals surface area contributed by atoms with Gasteiger partial charge in [-0.15, -0.1) is 0 Å². The zero-order valence-electron chi connectivity index (χ0n) is 17.1. The van der Waals surface area contributed by atoms with E-state index in [1.165, 1.54) is 60.7 Å². The van der Waals surface area contributed by atoms with Crippen LogP contribution in [0.2, 0.25) is 10.0 Å². The van der Waals surface area contributed by atoms with E-state index in [2.05, 4.69) is 0 Å². The van der Waals surface area contributed by atoms with E-state index in [9.17, 15) is 29.3 Å². The number of amides is 3. The van der Waals surface area contributed by atoms with E-state index in [4.69, 9.17) is 23.2 Å². The lowest BCUT2D eigenvalue weighted by Crippen LogP contribution is -2.51. The highest BCUT2D eigenvalue weighted by Gasteiger charge is 2.46. The van der Waals surface area contributed by atoms with Gasteiger partial charge in [-0.2, -0.15) is 5.01 Å². The van der Waals surface area contributed by atoms with Gasteiger partial charge in [-0.1, -0.05) is 29.3 Å². The van der Waals surface area contributed by atoms with Crippen molar-refractivity contribution in [3.63, 3.8) is 0 Å². The summed E-state index contributed by atoms with van der Waals surface area (Å²) in [6, 6.07) is 15.0. The fourth-order valence-corrected chi connectivity index (χ4v) is 3.72. The van der Waals surface area contributed by atoms with Crippen LogP contribution in [0.5, 0.6) is 0 Å². The molecule has 1 aliphatic heterocycles. The number of nitro benzene ring substituents is 1. The van der Waals surface area contributed by atoms with Gasteiger partial charge in [0.1, 0.15) is 12.1 Å². The molecule has 9 nitrogen and oxygen atoms in total. The molecular weight excluding hydrogens is 485 g/mol. The van der Waals surface area contributed by atoms with E-state index in [1.807, 2.05) is 0 Å². The van der Waals surface area contributed by atoms with Gasteiger partial charge in [0.15, 0.2) is 5.78 Å². The summed E-state index contributed by atoms with van der Waals surface area (Å²) in [4.78, 5) is 63.3. The molecule has 1 heterocycles. The maximum absolute atomic E-state index is 13.4. The van der Waals surface area contributed by atoms with Crippen LogP contribution in [0.25, 0.3) is 0 Å². The van der Waals surface area contributed by atoms with Crippen molar-refractivity contribution >= 4 is 52.4 Å². The van der Waals surface area contributed by atoms with Crippen molar-refractivity contribution in [1.82, 2.24) is 10.0 Å². The number of carbonyl (C=O) groups excluding carboxylic acids is 4. The highest BCUT2D eigenvalue weighted by atomic mass is 35.5. The van der Waals surface area contributed by atoms with Crippen LogP contribution in [0, 0.1) is 10.1 Å². The minimum atomic E-state index is -1.08. The number of nitrogens with zero attached hydrogens (tertiary/aromatic N) is 3. The number of imide groups is 1. The van der Waals surface area contributed by atoms with E-state index in [1.54, 1.807) is 0 Å². The summed E-state index contributed by atoms with van der Waals surface area (Å²) in [6.07, 6.45) is 0. The second kappa shape index (κ2) is 9.05. The molecule has 3 aromatic carbocycles. The van der Waals surface area contributed by atoms with Crippen LogP contribution in [0.3, 0.4) is 0 Å². The van der Waals surface area contributed by atoms with Gasteiger partial charge < -0.3 is 0 Å². The van der Waals surface area contributed by atoms with Crippen molar-refractivity contribution < 1.29 is 24.1 Å². The molecule has 1 aliphatic rings. The number of hydrogen-bond acceptors (Lipinski definition) is 6. The fraction of sp³-hybridized carbons (Fsp3) is 0.0435. The van der Waals surface area contributed by atoms with Crippen molar-refractivity contribution in [3.05, 3.63) is 109 Å². The SMILES string of the molecule is O=C(CN(C(=O)c1ccc(Cl)cc1)N1C(=O)c2cccc([N+](=O)[O-])c2C1=O)c1ccc(Cl)cc1. The number of halogens is 2. The van der Waals surface area contributed by atoms with Crippen LogP contribution in [0.4, 0.5) is 5.69 Å². The molecule has 0 aromatic heterocycles. The van der Waals surface area contributed by atoms with Crippen LogP contribution in [0.15, 0.2) is 66.7 Å². The van der Waals surface area contributed by atoms with Crippen molar-refractivity contribution in [1.29, 1.82) is 0 Å². The Morgan fingerprint density at radius 1 is 0.853 bits per heavy atom. The van der Waals surface area contributed by atoms with E-state index in [0.717, 1.165) is 6.07 Å². The summed E-state index contributed by atoms with van der Waals surface area (Å²) >= 11 is 11.7. The number of benzene rings is 3. The summed E-state index contributed by atoms with van der Waals surface area (Å²) in [7, 11) is 0. The molecule has 3 amide bonds. The zero-order valence-corrected chi connectivity index (χ0v) is 18.6. The number of ketones is 1. The topological polar surface area (TPSA) is 118 Å². The van der Waals surface area contributed by atoms with Gasteiger partial charge in [0.25, 0.3) is 23.4 Å². The third kappa shape index (κ3) is 4.14. The van der Waals surface area contributed by atoms with Crippen molar-refractivity contribution in [2.75, 3.05) is 6.54 Å². The summed E-state index contributed by atoms with van der Waals surface area (Å²) in [5, 5.41) is 13.3. The fourth-order valence-electron chi connectivity index (χ4n) is 3.46. The first-order valence-electron chi connectivity index (χ1n) is 9.71. The lowest BCUT2D eigenvalue weighted by Gasteiger charge is -2.29. The Hall–Kier alpha value is -4.08. The summed E-state index contributed by atoms with van der Waals surface area (Å²) in [5.41, 5.74) is -1.06. The van der Waals surface area contributed by atoms with Crippen LogP contribution < -0.4 is 0 Å². The summed E-state index contributed by atoms with van der Waals surface area (Å²) in [5.74, 6) is -3.49. The van der Waals surface area contributed by atoms with Gasteiger partial charge in [0, 0.05) is 27.2 Å². The molecule has 3 aromatic rings. The normalized spacial score (nSPS) is 12.5. The Labute approximate surface area is 202 Å². The third-order valence-electron chi connectivity index (χ3n) is 5.09. The van der Waals surface area contributed by atoms with Gasteiger partial charge >= 0.3 is 0 Å². The predicted molar refractivity (Wildman–Crippen MR) is 122 cm³/mol. The van der Waals surface area contributed by atoms with E-state index >= 15 is 0 Å². The monoisotopic (exact) mass is 497 g/mol. The lowest BCUT2D eigenvalue weighted by atomic mass is 10.1. The van der Waals surface area contributed by atoms with Crippen LogP contribution in [-0.2, 0) is 0 Å². The number of nitro groups is 1. The van der Waals surface area contributed by atoms with Crippen molar-refractivity contribution in [2.24, 2.45) is 0 Å². The molecule has 11 heteroatoms. The molecule has 0 atom stereocenters. The molecule has 0 saturated carbocycles. The quantitative estimate of drug-likeness (QED) is 0.215. The van der Waals surface area contributed by atoms with Crippen molar-refractivity contribution in [2.45, 2.75) is 0 Å². The number of rotatable bonds is 6. The number of fused-ring (bicyclic) bond motifs is 1. The second-order valence-electron chi connectivity index (χ2n) is 7.18. The van der Waals surface area contributed by atoms with Gasteiger partial charge in [-0.05, 0) is 54.6 Å². The first-order valence-corrected chi connectivity index (χ1v) is 10.5. The largest absolute Gasteiger partial charge is 0.292 e. The molecule has 0 N–H and O–H groups in total. The van der Waals surface area contributed by atoms with E-state index in [-0.39, 0.29) is 16.7 Å². The maximum Gasteiger partial charge on any atom is 0.287 e. The van der Waals surface area contributed by atoms with E-state index in [0.29, 0.717) is 20.1 Å². The van der Waals surface area contributed by atoms with Gasteiger partial charge in [-0.3, -0.25) is 29.3 Å². The number of hydrogen-bond donors (Lipinski definition) is 0. The van der Waals surface area contributed by atoms with Crippen molar-refractivity contribution in [3.8, 4) is 0 Å². The summed E-state index contributed by atoms with van der Waals surface area (Å²) in [6.45, 7) is -0.692. The molecular formula is C23H13Cl2N3O6. The minimum absolute atomic E-state index is 0.0411. The van der Waals surface area contributed by atoms with Crippen LogP contribution >= 0.6 is 23.2 Å². The Bertz CT molecular complexity index is 1360. The first-order chi connectivity index (χ1) is 16.2. The highest BCUT2D eigenvalue weighted by molar-refractivity contribution is 6.31. The maximum atomic E-state index is 13.4. The van der Waals surface area contributed by atoms with Gasteiger partial charge in [0.2, 0.25) is 0 Å². The first kappa shape index (κ1) is 23.1. The van der Waals surface area contributed by atoms with Crippen LogP contribution in [-0.4, -0.2) is 45.0 Å². The molecule has 0 spiro atoms. The number of hydrazine groups is 1. The minimum Gasteiger partial charge on any atom is -0.292 e. The Morgan fingerprint density at radius 2 is 1.41 bits per heavy atom. The van der Waals surface area contributed by atoms with Gasteiger partial charge in [-0.25, -0.2) is 5.01 Å². The Morgan fingerprint density at radius 3 is 1.97 bits per heavy atom. The molecule has 0 unspecified atom stereocenters. The van der Waals surface area contributed by atoms with E-state index < -0.39 is 46.2 Å². The third-order valence-corrected chi connectivity index (χ3v) is 5.60. The average Bonchev–Trinajstić information content (AvgIpc) is 3.07. The number of Topliss-reactive ketones (excluding diaryl/α,β-unsaturated/α-hetero) is 1. The lowest BCUT2D eigenvalue weighted by molar-refractivity contribution is -0.385. The standard InChI is InChI=1S/C23H13Cl2N3O6/c24-15-8-4-13(5-9-15)19(29)12-26(21(30)14-6-10-16(25)11-7-14)27-22(31)17-2-1-3-18(28(33)34)20(17)23(27)32/h1-11H,12H2. The zero-order chi connectivity index (χ0) is 24.6. The highest BCUT2D eigenvalue weighted by Crippen LogP contribution is 2.32. The molecule has 4 rings (SSSR count). The smallest absolute Gasteiger partial charge is 0.287 e. The molecule has 0 aliphatic carbocycles. The van der Waals surface area contributed by atoms with Crippen LogP contribution in [0.1, 0.15) is 41.4 Å². The Kier molecular flexibility index (Phi) is 6.14. The molecule has 170 valence electrons. The Balaban J connectivity index is 1.77. The van der Waals surface area contributed by atoms with Gasteiger partial charge in [0.05, 0.1) is 10.5 Å². The molecule has 34 heavy (non-hydrogen) atoms. The average molecular weight is 498 g/mol.